The van der Waals surface area contributed by atoms with E-state index < -0.39 is 0 Å². The van der Waals surface area contributed by atoms with Crippen molar-refractivity contribution in [3.05, 3.63) is 23.8 Å². The van der Waals surface area contributed by atoms with Gasteiger partial charge in [0, 0.05) is 24.4 Å². The Labute approximate surface area is 118 Å². The molecule has 102 valence electrons. The lowest BCUT2D eigenvalue weighted by molar-refractivity contribution is 0.00539. The van der Waals surface area contributed by atoms with Gasteiger partial charge in [-0.2, -0.15) is 0 Å². The molecule has 1 rings (SSSR count). The number of methoxy groups -OCH3 is 2. The maximum atomic E-state index is 5.80. The van der Waals surface area contributed by atoms with Crippen LogP contribution in [0.25, 0.3) is 0 Å². The Morgan fingerprint density at radius 2 is 1.94 bits per heavy atom. The minimum Gasteiger partial charge on any atom is -0.497 e. The van der Waals surface area contributed by atoms with Crippen molar-refractivity contribution in [2.24, 2.45) is 0 Å². The summed E-state index contributed by atoms with van der Waals surface area (Å²) >= 11 is 3.46. The standard InChI is InChI=1S/C14H21BrO3/c1-14(2,17-4)7-8-18-13-6-5-12(16-3)9-11(13)10-15/h5-6,9H,7-8,10H2,1-4H3. The van der Waals surface area contributed by atoms with E-state index in [1.54, 1.807) is 14.2 Å². The number of benzene rings is 1. The molecule has 0 aromatic heterocycles. The highest BCUT2D eigenvalue weighted by molar-refractivity contribution is 9.08. The molecular weight excluding hydrogens is 296 g/mol. The molecule has 0 aliphatic rings. The second kappa shape index (κ2) is 7.00. The van der Waals surface area contributed by atoms with Crippen LogP contribution in [0.4, 0.5) is 0 Å². The molecule has 1 aromatic rings. The number of hydrogen-bond donors (Lipinski definition) is 0. The van der Waals surface area contributed by atoms with E-state index in [1.807, 2.05) is 18.2 Å². The van der Waals surface area contributed by atoms with Crippen LogP contribution in [0.15, 0.2) is 18.2 Å². The molecule has 0 spiro atoms. The van der Waals surface area contributed by atoms with Gasteiger partial charge in [0.2, 0.25) is 0 Å². The lowest BCUT2D eigenvalue weighted by Gasteiger charge is -2.23. The van der Waals surface area contributed by atoms with Gasteiger partial charge in [0.15, 0.2) is 0 Å². The van der Waals surface area contributed by atoms with E-state index in [4.69, 9.17) is 14.2 Å². The SMILES string of the molecule is COc1ccc(OCCC(C)(C)OC)c(CBr)c1. The molecule has 3 nitrogen and oxygen atoms in total. The average molecular weight is 317 g/mol. The topological polar surface area (TPSA) is 27.7 Å². The number of rotatable bonds is 7. The zero-order chi connectivity index (χ0) is 13.6. The van der Waals surface area contributed by atoms with Crippen LogP contribution in [0.5, 0.6) is 11.5 Å². The van der Waals surface area contributed by atoms with E-state index >= 15 is 0 Å². The summed E-state index contributed by atoms with van der Waals surface area (Å²) in [5.74, 6) is 1.73. The van der Waals surface area contributed by atoms with Crippen LogP contribution in [0.3, 0.4) is 0 Å². The van der Waals surface area contributed by atoms with Gasteiger partial charge in [-0.05, 0) is 32.0 Å². The summed E-state index contributed by atoms with van der Waals surface area (Å²) in [6.45, 7) is 4.73. The minimum atomic E-state index is -0.152. The lowest BCUT2D eigenvalue weighted by Crippen LogP contribution is -2.25. The molecule has 0 unspecified atom stereocenters. The molecule has 0 aliphatic carbocycles. The van der Waals surface area contributed by atoms with Gasteiger partial charge in [-0.25, -0.2) is 0 Å². The summed E-state index contributed by atoms with van der Waals surface area (Å²) in [6.07, 6.45) is 0.844. The highest BCUT2D eigenvalue weighted by Crippen LogP contribution is 2.26. The van der Waals surface area contributed by atoms with Crippen molar-refractivity contribution in [2.75, 3.05) is 20.8 Å². The highest BCUT2D eigenvalue weighted by atomic mass is 79.9. The molecule has 0 atom stereocenters. The van der Waals surface area contributed by atoms with E-state index in [2.05, 4.69) is 29.8 Å². The molecule has 0 fully saturated rings. The smallest absolute Gasteiger partial charge is 0.123 e. The number of ether oxygens (including phenoxy) is 3. The quantitative estimate of drug-likeness (QED) is 0.716. The van der Waals surface area contributed by atoms with E-state index in [0.717, 1.165) is 28.8 Å². The molecule has 4 heteroatoms. The van der Waals surface area contributed by atoms with E-state index in [0.29, 0.717) is 6.61 Å². The van der Waals surface area contributed by atoms with Crippen molar-refractivity contribution < 1.29 is 14.2 Å². The molecule has 0 N–H and O–H groups in total. The zero-order valence-corrected chi connectivity index (χ0v) is 13.0. The first-order valence-electron chi connectivity index (χ1n) is 5.93. The summed E-state index contributed by atoms with van der Waals surface area (Å²) in [6, 6.07) is 5.82. The molecule has 0 saturated heterocycles. The molecule has 1 aromatic carbocycles. The van der Waals surface area contributed by atoms with Crippen molar-refractivity contribution in [3.8, 4) is 11.5 Å². The molecule has 0 aliphatic heterocycles. The summed E-state index contributed by atoms with van der Waals surface area (Å²) in [5.41, 5.74) is 0.936. The van der Waals surface area contributed by atoms with Gasteiger partial charge in [0.05, 0.1) is 19.3 Å². The largest absolute Gasteiger partial charge is 0.497 e. The molecule has 0 amide bonds. The molecule has 0 radical (unpaired) electrons. The Morgan fingerprint density at radius 3 is 2.50 bits per heavy atom. The summed E-state index contributed by atoms with van der Waals surface area (Å²) < 4.78 is 16.4. The van der Waals surface area contributed by atoms with Crippen molar-refractivity contribution in [3.63, 3.8) is 0 Å². The van der Waals surface area contributed by atoms with Crippen LogP contribution in [-0.4, -0.2) is 26.4 Å². The first-order chi connectivity index (χ1) is 8.52. The van der Waals surface area contributed by atoms with Gasteiger partial charge in [0.25, 0.3) is 0 Å². The third kappa shape index (κ3) is 4.50. The summed E-state index contributed by atoms with van der Waals surface area (Å²) in [4.78, 5) is 0. The van der Waals surface area contributed by atoms with Gasteiger partial charge < -0.3 is 14.2 Å². The lowest BCUT2D eigenvalue weighted by atomic mass is 10.1. The summed E-state index contributed by atoms with van der Waals surface area (Å²) in [7, 11) is 3.38. The Hall–Kier alpha value is -0.740. The van der Waals surface area contributed by atoms with Crippen LogP contribution in [-0.2, 0) is 10.1 Å². The third-order valence-electron chi connectivity index (χ3n) is 2.93. The van der Waals surface area contributed by atoms with Gasteiger partial charge in [0.1, 0.15) is 11.5 Å². The fourth-order valence-corrected chi connectivity index (χ4v) is 1.88. The normalized spacial score (nSPS) is 11.4. The molecule has 0 bridgehead atoms. The van der Waals surface area contributed by atoms with Gasteiger partial charge in [-0.15, -0.1) is 0 Å². The maximum absolute atomic E-state index is 5.80. The van der Waals surface area contributed by atoms with Crippen molar-refractivity contribution in [1.29, 1.82) is 0 Å². The maximum Gasteiger partial charge on any atom is 0.123 e. The van der Waals surface area contributed by atoms with Crippen LogP contribution in [0, 0.1) is 0 Å². The van der Waals surface area contributed by atoms with Crippen molar-refractivity contribution >= 4 is 15.9 Å². The van der Waals surface area contributed by atoms with Crippen molar-refractivity contribution in [2.45, 2.75) is 31.2 Å². The molecule has 0 saturated carbocycles. The Bertz CT molecular complexity index is 377. The second-order valence-electron chi connectivity index (χ2n) is 4.67. The van der Waals surface area contributed by atoms with E-state index in [9.17, 15) is 0 Å². The number of halogens is 1. The average Bonchev–Trinajstić information content (AvgIpc) is 2.38. The van der Waals surface area contributed by atoms with Crippen LogP contribution in [0.1, 0.15) is 25.8 Å². The highest BCUT2D eigenvalue weighted by Gasteiger charge is 2.16. The van der Waals surface area contributed by atoms with Crippen LogP contribution >= 0.6 is 15.9 Å². The third-order valence-corrected chi connectivity index (χ3v) is 3.53. The predicted octanol–water partition coefficient (Wildman–Crippen LogP) is 3.78. The monoisotopic (exact) mass is 316 g/mol. The van der Waals surface area contributed by atoms with Crippen LogP contribution in [0.2, 0.25) is 0 Å². The zero-order valence-electron chi connectivity index (χ0n) is 11.5. The summed E-state index contributed by atoms with van der Waals surface area (Å²) in [5, 5.41) is 0.743. The van der Waals surface area contributed by atoms with E-state index in [-0.39, 0.29) is 5.60 Å². The van der Waals surface area contributed by atoms with Gasteiger partial charge in [-0.1, -0.05) is 15.9 Å². The first-order valence-corrected chi connectivity index (χ1v) is 7.05. The molecule has 18 heavy (non-hydrogen) atoms. The molecule has 0 heterocycles. The number of hydrogen-bond acceptors (Lipinski definition) is 3. The van der Waals surface area contributed by atoms with Crippen LogP contribution < -0.4 is 9.47 Å². The Morgan fingerprint density at radius 1 is 1.22 bits per heavy atom. The minimum absolute atomic E-state index is 0.152. The Kier molecular flexibility index (Phi) is 5.96. The fourth-order valence-electron chi connectivity index (χ4n) is 1.44. The van der Waals surface area contributed by atoms with E-state index in [1.165, 1.54) is 0 Å². The van der Waals surface area contributed by atoms with Crippen molar-refractivity contribution in [1.82, 2.24) is 0 Å². The number of alkyl halides is 1. The second-order valence-corrected chi connectivity index (χ2v) is 5.23. The first kappa shape index (κ1) is 15.3. The molecular formula is C14H21BrO3. The van der Waals surface area contributed by atoms with Gasteiger partial charge >= 0.3 is 0 Å². The van der Waals surface area contributed by atoms with Gasteiger partial charge in [-0.3, -0.25) is 0 Å². The predicted molar refractivity (Wildman–Crippen MR) is 76.8 cm³/mol. The Balaban J connectivity index is 2.62. The fraction of sp³-hybridized carbons (Fsp3) is 0.571.